The van der Waals surface area contributed by atoms with E-state index in [0.29, 0.717) is 28.9 Å². The molecular weight excluding hydrogens is 384 g/mol. The van der Waals surface area contributed by atoms with Gasteiger partial charge < -0.3 is 14.6 Å². The fourth-order valence-electron chi connectivity index (χ4n) is 4.59. The van der Waals surface area contributed by atoms with Crippen LogP contribution >= 0.6 is 0 Å². The first kappa shape index (κ1) is 18.8. The van der Waals surface area contributed by atoms with Crippen LogP contribution < -0.4 is 5.32 Å². The number of urea groups is 1. The van der Waals surface area contributed by atoms with E-state index in [1.54, 1.807) is 0 Å². The molecule has 1 aliphatic carbocycles. The lowest BCUT2D eigenvalue weighted by atomic mass is 9.87. The molecule has 8 heteroatoms. The molecule has 1 fully saturated rings. The molecule has 156 valence electrons. The van der Waals surface area contributed by atoms with Crippen LogP contribution in [0.25, 0.3) is 0 Å². The van der Waals surface area contributed by atoms with E-state index in [0.717, 1.165) is 12.0 Å². The van der Waals surface area contributed by atoms with Crippen molar-refractivity contribution in [3.05, 3.63) is 58.9 Å². The summed E-state index contributed by atoms with van der Waals surface area (Å²) in [5.41, 5.74) is 1.87. The normalized spacial score (nSPS) is 22.1. The lowest BCUT2D eigenvalue weighted by Gasteiger charge is -2.32. The number of esters is 1. The summed E-state index contributed by atoms with van der Waals surface area (Å²) in [5, 5.41) is 6.98. The molecule has 8 nitrogen and oxygen atoms in total. The van der Waals surface area contributed by atoms with Gasteiger partial charge in [0.25, 0.3) is 0 Å². The van der Waals surface area contributed by atoms with Gasteiger partial charge in [0, 0.05) is 6.42 Å². The Hall–Kier alpha value is -3.16. The van der Waals surface area contributed by atoms with Gasteiger partial charge in [-0.3, -0.25) is 4.90 Å². The summed E-state index contributed by atoms with van der Waals surface area (Å²) in [6, 6.07) is 8.58. The number of rotatable bonds is 5. The SMILES string of the molecule is O=C1OCC2=C1[C@H](c1ccccc1)NC(=O)N2Cc1noc(CC2CCCCC2)n1. The summed E-state index contributed by atoms with van der Waals surface area (Å²) < 4.78 is 10.7. The minimum Gasteiger partial charge on any atom is -0.456 e. The van der Waals surface area contributed by atoms with Crippen molar-refractivity contribution in [2.75, 3.05) is 6.61 Å². The summed E-state index contributed by atoms with van der Waals surface area (Å²) in [4.78, 5) is 31.3. The standard InChI is InChI=1S/C22H24N4O4/c27-21-19-16(13-29-21)26(22(28)24-20(19)15-9-5-2-6-10-15)12-17-23-18(30-25-17)11-14-7-3-1-4-8-14/h2,5-6,9-10,14,20H,1,3-4,7-8,11-13H2,(H,24,28)/t20-/m0/s1. The molecule has 2 aromatic rings. The second-order valence-corrected chi connectivity index (χ2v) is 8.13. The molecule has 3 heterocycles. The Labute approximate surface area is 174 Å². The van der Waals surface area contributed by atoms with Crippen molar-refractivity contribution in [2.24, 2.45) is 5.92 Å². The fourth-order valence-corrected chi connectivity index (χ4v) is 4.59. The molecule has 0 spiro atoms. The molecule has 1 N–H and O–H groups in total. The molecule has 5 rings (SSSR count). The molecule has 2 aliphatic heterocycles. The van der Waals surface area contributed by atoms with Gasteiger partial charge in [0.2, 0.25) is 5.89 Å². The molecule has 2 amide bonds. The lowest BCUT2D eigenvalue weighted by Crippen LogP contribution is -2.47. The number of hydrogen-bond donors (Lipinski definition) is 1. The van der Waals surface area contributed by atoms with Crippen LogP contribution in [-0.4, -0.2) is 33.6 Å². The highest BCUT2D eigenvalue weighted by Crippen LogP contribution is 2.35. The molecule has 0 saturated heterocycles. The molecular formula is C22H24N4O4. The van der Waals surface area contributed by atoms with E-state index in [2.05, 4.69) is 15.5 Å². The van der Waals surface area contributed by atoms with E-state index in [-0.39, 0.29) is 19.2 Å². The minimum atomic E-state index is -0.521. The van der Waals surface area contributed by atoms with E-state index < -0.39 is 12.0 Å². The number of hydrogen-bond acceptors (Lipinski definition) is 6. The van der Waals surface area contributed by atoms with Crippen LogP contribution in [0.4, 0.5) is 4.79 Å². The van der Waals surface area contributed by atoms with Crippen molar-refractivity contribution < 1.29 is 18.8 Å². The van der Waals surface area contributed by atoms with Crippen LogP contribution in [0.5, 0.6) is 0 Å². The van der Waals surface area contributed by atoms with E-state index in [9.17, 15) is 9.59 Å². The van der Waals surface area contributed by atoms with Gasteiger partial charge in [0.15, 0.2) is 5.82 Å². The number of carbonyl (C=O) groups is 2. The Morgan fingerprint density at radius 3 is 2.70 bits per heavy atom. The van der Waals surface area contributed by atoms with Crippen molar-refractivity contribution in [1.29, 1.82) is 0 Å². The molecule has 1 aromatic carbocycles. The van der Waals surface area contributed by atoms with Crippen LogP contribution in [0.1, 0.15) is 55.4 Å². The maximum Gasteiger partial charge on any atom is 0.338 e. The predicted molar refractivity (Wildman–Crippen MR) is 106 cm³/mol. The molecule has 30 heavy (non-hydrogen) atoms. The number of amides is 2. The molecule has 0 unspecified atom stereocenters. The van der Waals surface area contributed by atoms with Crippen molar-refractivity contribution in [2.45, 2.75) is 51.1 Å². The fraction of sp³-hybridized carbons (Fsp3) is 0.455. The topological polar surface area (TPSA) is 97.6 Å². The number of carbonyl (C=O) groups excluding carboxylic acids is 2. The van der Waals surface area contributed by atoms with Crippen molar-refractivity contribution >= 4 is 12.0 Å². The Bertz CT molecular complexity index is 978. The average Bonchev–Trinajstić information content (AvgIpc) is 3.38. The summed E-state index contributed by atoms with van der Waals surface area (Å²) in [6.07, 6.45) is 6.99. The average molecular weight is 408 g/mol. The van der Waals surface area contributed by atoms with Crippen molar-refractivity contribution in [3.63, 3.8) is 0 Å². The number of ether oxygens (including phenoxy) is 1. The predicted octanol–water partition coefficient (Wildman–Crippen LogP) is 3.27. The van der Waals surface area contributed by atoms with Gasteiger partial charge in [-0.2, -0.15) is 4.98 Å². The molecule has 1 atom stereocenters. The van der Waals surface area contributed by atoms with Gasteiger partial charge in [-0.25, -0.2) is 9.59 Å². The third-order valence-electron chi connectivity index (χ3n) is 6.13. The van der Waals surface area contributed by atoms with E-state index in [4.69, 9.17) is 9.26 Å². The second-order valence-electron chi connectivity index (χ2n) is 8.13. The first-order valence-electron chi connectivity index (χ1n) is 10.5. The molecule has 3 aliphatic rings. The van der Waals surface area contributed by atoms with Crippen LogP contribution in [0, 0.1) is 5.92 Å². The first-order chi connectivity index (χ1) is 14.7. The first-order valence-corrected chi connectivity index (χ1v) is 10.5. The van der Waals surface area contributed by atoms with Gasteiger partial charge in [0.1, 0.15) is 6.61 Å². The largest absolute Gasteiger partial charge is 0.456 e. The van der Waals surface area contributed by atoms with Crippen molar-refractivity contribution in [3.8, 4) is 0 Å². The van der Waals surface area contributed by atoms with Gasteiger partial charge >= 0.3 is 12.0 Å². The third-order valence-corrected chi connectivity index (χ3v) is 6.13. The zero-order chi connectivity index (χ0) is 20.5. The van der Waals surface area contributed by atoms with Gasteiger partial charge in [-0.15, -0.1) is 0 Å². The van der Waals surface area contributed by atoms with Crippen molar-refractivity contribution in [1.82, 2.24) is 20.4 Å². The lowest BCUT2D eigenvalue weighted by molar-refractivity contribution is -0.136. The Kier molecular flexibility index (Phi) is 4.98. The van der Waals surface area contributed by atoms with E-state index in [1.165, 1.54) is 37.0 Å². The quantitative estimate of drug-likeness (QED) is 0.763. The molecule has 1 saturated carbocycles. The number of nitrogens with zero attached hydrogens (tertiary/aromatic N) is 3. The van der Waals surface area contributed by atoms with Crippen LogP contribution in [0.15, 0.2) is 46.1 Å². The number of benzene rings is 1. The van der Waals surface area contributed by atoms with Crippen LogP contribution in [0.2, 0.25) is 0 Å². The summed E-state index contributed by atoms with van der Waals surface area (Å²) >= 11 is 0. The van der Waals surface area contributed by atoms with Crippen LogP contribution in [0.3, 0.4) is 0 Å². The minimum absolute atomic E-state index is 0.0672. The molecule has 0 radical (unpaired) electrons. The van der Waals surface area contributed by atoms with E-state index in [1.807, 2.05) is 30.3 Å². The molecule has 0 bridgehead atoms. The Morgan fingerprint density at radius 2 is 1.90 bits per heavy atom. The Morgan fingerprint density at radius 1 is 1.10 bits per heavy atom. The zero-order valence-electron chi connectivity index (χ0n) is 16.7. The van der Waals surface area contributed by atoms with Gasteiger partial charge in [-0.1, -0.05) is 54.8 Å². The second kappa shape index (κ2) is 7.93. The summed E-state index contributed by atoms with van der Waals surface area (Å²) in [5.74, 6) is 1.23. The zero-order valence-corrected chi connectivity index (χ0v) is 16.7. The maximum atomic E-state index is 12.9. The Balaban J connectivity index is 1.36. The smallest absolute Gasteiger partial charge is 0.338 e. The maximum absolute atomic E-state index is 12.9. The van der Waals surface area contributed by atoms with Gasteiger partial charge in [-0.05, 0) is 24.3 Å². The summed E-state index contributed by atoms with van der Waals surface area (Å²) in [7, 11) is 0. The summed E-state index contributed by atoms with van der Waals surface area (Å²) in [6.45, 7) is 0.203. The monoisotopic (exact) mass is 408 g/mol. The van der Waals surface area contributed by atoms with Crippen LogP contribution in [-0.2, 0) is 22.5 Å². The molecule has 1 aromatic heterocycles. The highest BCUT2D eigenvalue weighted by Gasteiger charge is 2.42. The highest BCUT2D eigenvalue weighted by molar-refractivity contribution is 5.97. The van der Waals surface area contributed by atoms with Gasteiger partial charge in [0.05, 0.1) is 23.9 Å². The number of cyclic esters (lactones) is 1. The van der Waals surface area contributed by atoms with E-state index >= 15 is 0 Å². The number of nitrogens with one attached hydrogen (secondary N) is 1. The third kappa shape index (κ3) is 3.58. The highest BCUT2D eigenvalue weighted by atomic mass is 16.5. The number of aromatic nitrogens is 2.